The van der Waals surface area contributed by atoms with Crippen LogP contribution in [0.25, 0.3) is 0 Å². The molecule has 2 rings (SSSR count). The summed E-state index contributed by atoms with van der Waals surface area (Å²) in [5.41, 5.74) is 1.84. The highest BCUT2D eigenvalue weighted by atomic mass is 16.4. The zero-order chi connectivity index (χ0) is 15.2. The Morgan fingerprint density at radius 1 is 1.33 bits per heavy atom. The van der Waals surface area contributed by atoms with Crippen LogP contribution >= 0.6 is 0 Å². The van der Waals surface area contributed by atoms with E-state index in [9.17, 15) is 9.59 Å². The molecule has 0 aliphatic rings. The van der Waals surface area contributed by atoms with Crippen molar-refractivity contribution >= 4 is 11.9 Å². The zero-order valence-electron chi connectivity index (χ0n) is 11.6. The maximum absolute atomic E-state index is 12.2. The topological polar surface area (TPSA) is 92.4 Å². The van der Waals surface area contributed by atoms with Crippen LogP contribution in [0.2, 0.25) is 0 Å². The summed E-state index contributed by atoms with van der Waals surface area (Å²) in [7, 11) is 0. The lowest BCUT2D eigenvalue weighted by Crippen LogP contribution is -2.24. The summed E-state index contributed by atoms with van der Waals surface area (Å²) in [5.74, 6) is -0.596. The van der Waals surface area contributed by atoms with Gasteiger partial charge in [0.1, 0.15) is 6.26 Å². The lowest BCUT2D eigenvalue weighted by atomic mass is 10.0. The fourth-order valence-electron chi connectivity index (χ4n) is 1.96. The lowest BCUT2D eigenvalue weighted by molar-refractivity contribution is -0.136. The predicted molar refractivity (Wildman–Crippen MR) is 74.8 cm³/mol. The predicted octanol–water partition coefficient (Wildman–Crippen LogP) is 1.93. The molecular formula is C15H16N2O4. The number of benzene rings is 1. The summed E-state index contributed by atoms with van der Waals surface area (Å²) >= 11 is 0. The number of amides is 1. The van der Waals surface area contributed by atoms with E-state index >= 15 is 0 Å². The van der Waals surface area contributed by atoms with Gasteiger partial charge in [0.05, 0.1) is 12.2 Å². The van der Waals surface area contributed by atoms with Gasteiger partial charge in [-0.1, -0.05) is 18.2 Å². The molecule has 1 aromatic heterocycles. The molecule has 0 saturated carbocycles. The Bertz CT molecular complexity index is 649. The van der Waals surface area contributed by atoms with Crippen LogP contribution < -0.4 is 5.32 Å². The van der Waals surface area contributed by atoms with Gasteiger partial charge < -0.3 is 14.8 Å². The highest BCUT2D eigenvalue weighted by Crippen LogP contribution is 2.11. The largest absolute Gasteiger partial charge is 0.481 e. The van der Waals surface area contributed by atoms with Crippen molar-refractivity contribution in [1.82, 2.24) is 10.3 Å². The lowest BCUT2D eigenvalue weighted by Gasteiger charge is -2.08. The van der Waals surface area contributed by atoms with E-state index in [1.807, 2.05) is 0 Å². The molecule has 6 heteroatoms. The minimum absolute atomic E-state index is 0.00717. The molecule has 0 radical (unpaired) electrons. The Kier molecular flexibility index (Phi) is 4.71. The van der Waals surface area contributed by atoms with Gasteiger partial charge in [-0.05, 0) is 18.1 Å². The Labute approximate surface area is 121 Å². The third-order valence-corrected chi connectivity index (χ3v) is 2.97. The molecule has 0 atom stereocenters. The average Bonchev–Trinajstić information content (AvgIpc) is 2.88. The normalized spacial score (nSPS) is 10.3. The SMILES string of the molecule is Cc1nc(CNC(=O)c2ccccc2CCC(=O)O)co1. The maximum atomic E-state index is 12.2. The first-order valence-corrected chi connectivity index (χ1v) is 6.55. The number of carbonyl (C=O) groups excluding carboxylic acids is 1. The number of carboxylic acid groups (broad SMARTS) is 1. The summed E-state index contributed by atoms with van der Waals surface area (Å²) in [6.45, 7) is 2.00. The van der Waals surface area contributed by atoms with Crippen LogP contribution in [0.1, 0.15) is 33.9 Å². The van der Waals surface area contributed by atoms with Crippen LogP contribution in [0.15, 0.2) is 34.9 Å². The second kappa shape index (κ2) is 6.69. The molecule has 0 aliphatic heterocycles. The van der Waals surface area contributed by atoms with Crippen molar-refractivity contribution in [3.05, 3.63) is 53.2 Å². The third kappa shape index (κ3) is 4.17. The molecular weight excluding hydrogens is 272 g/mol. The molecule has 2 N–H and O–H groups in total. The second-order valence-corrected chi connectivity index (χ2v) is 4.59. The van der Waals surface area contributed by atoms with E-state index in [0.29, 0.717) is 29.1 Å². The van der Waals surface area contributed by atoms with Crippen molar-refractivity contribution < 1.29 is 19.1 Å². The van der Waals surface area contributed by atoms with Crippen molar-refractivity contribution in [3.63, 3.8) is 0 Å². The number of aliphatic carboxylic acids is 1. The average molecular weight is 288 g/mol. The van der Waals surface area contributed by atoms with Gasteiger partial charge in [-0.25, -0.2) is 4.98 Å². The van der Waals surface area contributed by atoms with Gasteiger partial charge >= 0.3 is 5.97 Å². The number of aromatic nitrogens is 1. The van der Waals surface area contributed by atoms with Crippen LogP contribution in [0.4, 0.5) is 0 Å². The second-order valence-electron chi connectivity index (χ2n) is 4.59. The van der Waals surface area contributed by atoms with Crippen molar-refractivity contribution in [2.45, 2.75) is 26.3 Å². The first-order chi connectivity index (χ1) is 10.1. The van der Waals surface area contributed by atoms with Gasteiger partial charge in [0.25, 0.3) is 5.91 Å². The molecule has 2 aromatic rings. The van der Waals surface area contributed by atoms with Gasteiger partial charge in [-0.2, -0.15) is 0 Å². The quantitative estimate of drug-likeness (QED) is 0.847. The van der Waals surface area contributed by atoms with Crippen LogP contribution in [0.3, 0.4) is 0 Å². The van der Waals surface area contributed by atoms with Crippen LogP contribution in [0, 0.1) is 6.92 Å². The van der Waals surface area contributed by atoms with Crippen molar-refractivity contribution in [2.24, 2.45) is 0 Å². The highest BCUT2D eigenvalue weighted by Gasteiger charge is 2.12. The number of aryl methyl sites for hydroxylation is 2. The molecule has 0 bridgehead atoms. The number of hydrogen-bond acceptors (Lipinski definition) is 4. The Morgan fingerprint density at radius 3 is 2.76 bits per heavy atom. The molecule has 0 unspecified atom stereocenters. The maximum Gasteiger partial charge on any atom is 0.303 e. The summed E-state index contributed by atoms with van der Waals surface area (Å²) < 4.78 is 5.06. The van der Waals surface area contributed by atoms with Gasteiger partial charge in [0, 0.05) is 18.9 Å². The van der Waals surface area contributed by atoms with Gasteiger partial charge in [-0.3, -0.25) is 9.59 Å². The number of carboxylic acids is 1. The molecule has 0 saturated heterocycles. The van der Waals surface area contributed by atoms with Gasteiger partial charge in [-0.15, -0.1) is 0 Å². The highest BCUT2D eigenvalue weighted by molar-refractivity contribution is 5.95. The molecule has 0 aliphatic carbocycles. The summed E-state index contributed by atoms with van der Waals surface area (Å²) in [6.07, 6.45) is 1.81. The summed E-state index contributed by atoms with van der Waals surface area (Å²) in [6, 6.07) is 6.98. The van der Waals surface area contributed by atoms with E-state index in [1.54, 1.807) is 31.2 Å². The third-order valence-electron chi connectivity index (χ3n) is 2.97. The summed E-state index contributed by atoms with van der Waals surface area (Å²) in [4.78, 5) is 26.9. The van der Waals surface area contributed by atoms with Gasteiger partial charge in [0.15, 0.2) is 5.89 Å². The Hall–Kier alpha value is -2.63. The fraction of sp³-hybridized carbons (Fsp3) is 0.267. The first-order valence-electron chi connectivity index (χ1n) is 6.55. The number of rotatable bonds is 6. The molecule has 1 heterocycles. The van der Waals surface area contributed by atoms with Crippen LogP contribution in [-0.4, -0.2) is 22.0 Å². The van der Waals surface area contributed by atoms with Crippen molar-refractivity contribution in [1.29, 1.82) is 0 Å². The van der Waals surface area contributed by atoms with Crippen molar-refractivity contribution in [3.8, 4) is 0 Å². The van der Waals surface area contributed by atoms with E-state index in [0.717, 1.165) is 0 Å². The molecule has 0 spiro atoms. The standard InChI is InChI=1S/C15H16N2O4/c1-10-17-12(9-21-10)8-16-15(20)13-5-3-2-4-11(13)6-7-14(18)19/h2-5,9H,6-8H2,1H3,(H,16,20)(H,18,19). The van der Waals surface area contributed by atoms with E-state index in [1.165, 1.54) is 6.26 Å². The molecule has 1 aromatic carbocycles. The smallest absolute Gasteiger partial charge is 0.303 e. The fourth-order valence-corrected chi connectivity index (χ4v) is 1.96. The van der Waals surface area contributed by atoms with Gasteiger partial charge in [0.2, 0.25) is 0 Å². The number of nitrogens with zero attached hydrogens (tertiary/aromatic N) is 1. The molecule has 110 valence electrons. The first kappa shape index (κ1) is 14.8. The van der Waals surface area contributed by atoms with E-state index in [2.05, 4.69) is 10.3 Å². The number of carbonyl (C=O) groups is 2. The number of hydrogen-bond donors (Lipinski definition) is 2. The molecule has 1 amide bonds. The number of nitrogens with one attached hydrogen (secondary N) is 1. The van der Waals surface area contributed by atoms with Crippen molar-refractivity contribution in [2.75, 3.05) is 0 Å². The minimum atomic E-state index is -0.886. The Morgan fingerprint density at radius 2 is 2.10 bits per heavy atom. The zero-order valence-corrected chi connectivity index (χ0v) is 11.6. The molecule has 6 nitrogen and oxygen atoms in total. The van der Waals surface area contributed by atoms with E-state index < -0.39 is 5.97 Å². The molecule has 21 heavy (non-hydrogen) atoms. The minimum Gasteiger partial charge on any atom is -0.481 e. The number of oxazole rings is 1. The van der Waals surface area contributed by atoms with E-state index in [4.69, 9.17) is 9.52 Å². The van der Waals surface area contributed by atoms with Crippen LogP contribution in [0.5, 0.6) is 0 Å². The summed E-state index contributed by atoms with van der Waals surface area (Å²) in [5, 5.41) is 11.5. The monoisotopic (exact) mass is 288 g/mol. The van der Waals surface area contributed by atoms with Crippen LogP contribution in [-0.2, 0) is 17.8 Å². The Balaban J connectivity index is 2.02. The van der Waals surface area contributed by atoms with E-state index in [-0.39, 0.29) is 18.9 Å². The molecule has 0 fully saturated rings.